The molecule has 0 aromatic heterocycles. The Morgan fingerprint density at radius 3 is 2.27 bits per heavy atom. The highest BCUT2D eigenvalue weighted by Gasteiger charge is 2.34. The summed E-state index contributed by atoms with van der Waals surface area (Å²) in [5.74, 6) is 0.990. The van der Waals surface area contributed by atoms with E-state index in [0.29, 0.717) is 0 Å². The standard InChI is InChI=1S/C21H20O/c1-13-5-8-16-15(11-13)7-10-18-17-9-6-14(2)12-19(17)22-21(3,4)20(16)18/h5-12H,1-4H3. The van der Waals surface area contributed by atoms with Gasteiger partial charge >= 0.3 is 0 Å². The number of aryl methyl sites for hydroxylation is 2. The van der Waals surface area contributed by atoms with Crippen LogP contribution < -0.4 is 4.74 Å². The minimum atomic E-state index is -0.328. The lowest BCUT2D eigenvalue weighted by Crippen LogP contribution is -2.29. The Labute approximate surface area is 131 Å². The van der Waals surface area contributed by atoms with Crippen molar-refractivity contribution in [3.63, 3.8) is 0 Å². The predicted octanol–water partition coefficient (Wildman–Crippen LogP) is 5.75. The van der Waals surface area contributed by atoms with Gasteiger partial charge in [0.25, 0.3) is 0 Å². The quantitative estimate of drug-likeness (QED) is 0.511. The van der Waals surface area contributed by atoms with Crippen LogP contribution in [0.1, 0.15) is 30.5 Å². The molecular formula is C21H20O. The van der Waals surface area contributed by atoms with E-state index in [0.717, 1.165) is 5.75 Å². The third kappa shape index (κ3) is 1.85. The van der Waals surface area contributed by atoms with Gasteiger partial charge in [-0.2, -0.15) is 0 Å². The van der Waals surface area contributed by atoms with Gasteiger partial charge in [-0.1, -0.05) is 48.0 Å². The van der Waals surface area contributed by atoms with Gasteiger partial charge in [-0.25, -0.2) is 0 Å². The Bertz CT molecular complexity index is 903. The molecule has 1 heteroatoms. The summed E-state index contributed by atoms with van der Waals surface area (Å²) in [5.41, 5.74) is 5.98. The summed E-state index contributed by atoms with van der Waals surface area (Å²) in [6.45, 7) is 8.57. The van der Waals surface area contributed by atoms with Gasteiger partial charge in [0.2, 0.25) is 0 Å². The lowest BCUT2D eigenvalue weighted by Gasteiger charge is -2.36. The fraction of sp³-hybridized carbons (Fsp3) is 0.238. The summed E-state index contributed by atoms with van der Waals surface area (Å²) < 4.78 is 6.36. The molecule has 0 spiro atoms. The molecule has 1 aliphatic rings. The molecule has 1 aliphatic heterocycles. The van der Waals surface area contributed by atoms with Crippen LogP contribution in [0.5, 0.6) is 5.75 Å². The smallest absolute Gasteiger partial charge is 0.130 e. The van der Waals surface area contributed by atoms with Crippen LogP contribution in [0.25, 0.3) is 21.9 Å². The van der Waals surface area contributed by atoms with E-state index in [1.807, 2.05) is 0 Å². The van der Waals surface area contributed by atoms with E-state index in [4.69, 9.17) is 4.74 Å². The van der Waals surface area contributed by atoms with Crippen molar-refractivity contribution < 1.29 is 4.74 Å². The molecule has 110 valence electrons. The van der Waals surface area contributed by atoms with Crippen molar-refractivity contribution in [1.29, 1.82) is 0 Å². The monoisotopic (exact) mass is 288 g/mol. The van der Waals surface area contributed by atoms with Crippen LogP contribution in [0, 0.1) is 13.8 Å². The average Bonchev–Trinajstić information content (AvgIpc) is 2.45. The van der Waals surface area contributed by atoms with Gasteiger partial charge in [-0.3, -0.25) is 0 Å². The Balaban J connectivity index is 2.11. The highest BCUT2D eigenvalue weighted by atomic mass is 16.5. The first-order valence-electron chi connectivity index (χ1n) is 7.79. The second kappa shape index (κ2) is 4.36. The fourth-order valence-corrected chi connectivity index (χ4v) is 3.58. The number of rotatable bonds is 0. The molecule has 0 bridgehead atoms. The van der Waals surface area contributed by atoms with Gasteiger partial charge in [0.05, 0.1) is 0 Å². The van der Waals surface area contributed by atoms with Crippen molar-refractivity contribution in [2.24, 2.45) is 0 Å². The van der Waals surface area contributed by atoms with E-state index in [-0.39, 0.29) is 5.60 Å². The molecule has 3 aromatic rings. The second-order valence-electron chi connectivity index (χ2n) is 6.82. The van der Waals surface area contributed by atoms with Crippen LogP contribution in [-0.4, -0.2) is 0 Å². The first-order chi connectivity index (χ1) is 10.5. The summed E-state index contributed by atoms with van der Waals surface area (Å²) >= 11 is 0. The molecule has 1 heterocycles. The number of hydrogen-bond donors (Lipinski definition) is 0. The van der Waals surface area contributed by atoms with Gasteiger partial charge in [-0.15, -0.1) is 0 Å². The minimum absolute atomic E-state index is 0.328. The Kier molecular flexibility index (Phi) is 2.65. The molecule has 0 saturated heterocycles. The zero-order chi connectivity index (χ0) is 15.5. The highest BCUT2D eigenvalue weighted by molar-refractivity contribution is 5.95. The molecule has 0 unspecified atom stereocenters. The first-order valence-corrected chi connectivity index (χ1v) is 7.79. The number of benzene rings is 3. The third-order valence-electron chi connectivity index (χ3n) is 4.57. The second-order valence-corrected chi connectivity index (χ2v) is 6.82. The van der Waals surface area contributed by atoms with Crippen LogP contribution in [-0.2, 0) is 5.60 Å². The Morgan fingerprint density at radius 1 is 0.773 bits per heavy atom. The van der Waals surface area contributed by atoms with E-state index in [1.165, 1.54) is 38.6 Å². The lowest BCUT2D eigenvalue weighted by atomic mass is 9.82. The highest BCUT2D eigenvalue weighted by Crippen LogP contribution is 2.47. The summed E-state index contributed by atoms with van der Waals surface area (Å²) in [6.07, 6.45) is 0. The normalized spacial score (nSPS) is 15.1. The predicted molar refractivity (Wildman–Crippen MR) is 92.5 cm³/mol. The summed E-state index contributed by atoms with van der Waals surface area (Å²) in [5, 5.41) is 2.57. The maximum Gasteiger partial charge on any atom is 0.130 e. The molecule has 0 amide bonds. The molecular weight excluding hydrogens is 268 g/mol. The van der Waals surface area contributed by atoms with Gasteiger partial charge < -0.3 is 4.74 Å². The molecule has 0 aliphatic carbocycles. The molecule has 0 atom stereocenters. The van der Waals surface area contributed by atoms with Gasteiger partial charge in [0.15, 0.2) is 0 Å². The molecule has 1 nitrogen and oxygen atoms in total. The van der Waals surface area contributed by atoms with Crippen LogP contribution in [0.15, 0.2) is 48.5 Å². The van der Waals surface area contributed by atoms with E-state index in [9.17, 15) is 0 Å². The Hall–Kier alpha value is -2.28. The van der Waals surface area contributed by atoms with Crippen molar-refractivity contribution in [1.82, 2.24) is 0 Å². The molecule has 4 rings (SSSR count). The average molecular weight is 288 g/mol. The summed E-state index contributed by atoms with van der Waals surface area (Å²) in [4.78, 5) is 0. The van der Waals surface area contributed by atoms with Crippen molar-refractivity contribution in [2.45, 2.75) is 33.3 Å². The zero-order valence-corrected chi connectivity index (χ0v) is 13.5. The van der Waals surface area contributed by atoms with Crippen molar-refractivity contribution in [3.05, 3.63) is 65.2 Å². The molecule has 0 fully saturated rings. The van der Waals surface area contributed by atoms with Gasteiger partial charge in [0.1, 0.15) is 11.4 Å². The largest absolute Gasteiger partial charge is 0.482 e. The molecule has 0 N–H and O–H groups in total. The van der Waals surface area contributed by atoms with E-state index < -0.39 is 0 Å². The van der Waals surface area contributed by atoms with Crippen molar-refractivity contribution in [3.8, 4) is 16.9 Å². The molecule has 0 saturated carbocycles. The third-order valence-corrected chi connectivity index (χ3v) is 4.57. The summed E-state index contributed by atoms with van der Waals surface area (Å²) in [6, 6.07) is 17.6. The molecule has 22 heavy (non-hydrogen) atoms. The summed E-state index contributed by atoms with van der Waals surface area (Å²) in [7, 11) is 0. The van der Waals surface area contributed by atoms with Gasteiger partial charge in [-0.05, 0) is 55.7 Å². The van der Waals surface area contributed by atoms with Gasteiger partial charge in [0, 0.05) is 11.1 Å². The first kappa shape index (κ1) is 13.4. The van der Waals surface area contributed by atoms with Crippen molar-refractivity contribution >= 4 is 10.8 Å². The maximum absolute atomic E-state index is 6.36. The van der Waals surface area contributed by atoms with Crippen LogP contribution in [0.4, 0.5) is 0 Å². The SMILES string of the molecule is Cc1ccc2c(c1)OC(C)(C)c1c-2ccc2cc(C)ccc12. The number of hydrogen-bond acceptors (Lipinski definition) is 1. The van der Waals surface area contributed by atoms with Crippen molar-refractivity contribution in [2.75, 3.05) is 0 Å². The molecule has 0 radical (unpaired) electrons. The topological polar surface area (TPSA) is 9.23 Å². The fourth-order valence-electron chi connectivity index (χ4n) is 3.58. The van der Waals surface area contributed by atoms with E-state index in [2.05, 4.69) is 76.2 Å². The lowest BCUT2D eigenvalue weighted by molar-refractivity contribution is 0.107. The molecule has 3 aromatic carbocycles. The zero-order valence-electron chi connectivity index (χ0n) is 13.5. The number of fused-ring (bicyclic) bond motifs is 5. The number of ether oxygens (including phenoxy) is 1. The van der Waals surface area contributed by atoms with Crippen LogP contribution in [0.2, 0.25) is 0 Å². The minimum Gasteiger partial charge on any atom is -0.482 e. The van der Waals surface area contributed by atoms with Crippen LogP contribution >= 0.6 is 0 Å². The van der Waals surface area contributed by atoms with Crippen LogP contribution in [0.3, 0.4) is 0 Å². The van der Waals surface area contributed by atoms with E-state index in [1.54, 1.807) is 0 Å². The maximum atomic E-state index is 6.36. The Morgan fingerprint density at radius 2 is 1.45 bits per heavy atom. The van der Waals surface area contributed by atoms with E-state index >= 15 is 0 Å².